The van der Waals surface area contributed by atoms with Crippen molar-refractivity contribution >= 4 is 5.78 Å². The number of benzene rings is 1. The number of rotatable bonds is 6. The van der Waals surface area contributed by atoms with Crippen LogP contribution in [0.1, 0.15) is 35.7 Å². The van der Waals surface area contributed by atoms with Gasteiger partial charge in [0.15, 0.2) is 5.78 Å². The van der Waals surface area contributed by atoms with Crippen LogP contribution in [0.4, 0.5) is 0 Å². The van der Waals surface area contributed by atoms with Crippen molar-refractivity contribution < 1.29 is 4.79 Å². The van der Waals surface area contributed by atoms with E-state index >= 15 is 0 Å². The Morgan fingerprint density at radius 1 is 1.21 bits per heavy atom. The normalized spacial score (nSPS) is 16.5. The summed E-state index contributed by atoms with van der Waals surface area (Å²) >= 11 is 0. The maximum Gasteiger partial charge on any atom is 0.164 e. The molecule has 0 radical (unpaired) electrons. The summed E-state index contributed by atoms with van der Waals surface area (Å²) in [5.41, 5.74) is 2.18. The van der Waals surface area contributed by atoms with Crippen LogP contribution in [-0.4, -0.2) is 43.4 Å². The Labute approximate surface area is 116 Å². The SMILES string of the molecule is CCCc1ccc(C(=O)CCN2CCNCC2)cc1. The van der Waals surface area contributed by atoms with E-state index in [1.165, 1.54) is 5.56 Å². The van der Waals surface area contributed by atoms with Crippen LogP contribution in [0.3, 0.4) is 0 Å². The number of carbonyl (C=O) groups excluding carboxylic acids is 1. The first kappa shape index (κ1) is 14.2. The fourth-order valence-corrected chi connectivity index (χ4v) is 2.48. The summed E-state index contributed by atoms with van der Waals surface area (Å²) < 4.78 is 0. The third-order valence-corrected chi connectivity index (χ3v) is 3.68. The average molecular weight is 260 g/mol. The molecular formula is C16H24N2O. The molecule has 3 nitrogen and oxygen atoms in total. The minimum Gasteiger partial charge on any atom is -0.314 e. The Hall–Kier alpha value is -1.19. The summed E-state index contributed by atoms with van der Waals surface area (Å²) in [6.07, 6.45) is 2.87. The van der Waals surface area contributed by atoms with Gasteiger partial charge in [-0.15, -0.1) is 0 Å². The molecule has 1 aliphatic heterocycles. The highest BCUT2D eigenvalue weighted by Crippen LogP contribution is 2.09. The molecular weight excluding hydrogens is 236 g/mol. The molecule has 0 aromatic heterocycles. The standard InChI is InChI=1S/C16H24N2O/c1-2-3-14-4-6-15(7-5-14)16(19)8-11-18-12-9-17-10-13-18/h4-7,17H,2-3,8-13H2,1H3. The van der Waals surface area contributed by atoms with Crippen molar-refractivity contribution in [3.8, 4) is 0 Å². The van der Waals surface area contributed by atoms with Crippen LogP contribution in [-0.2, 0) is 6.42 Å². The summed E-state index contributed by atoms with van der Waals surface area (Å²) in [4.78, 5) is 14.5. The van der Waals surface area contributed by atoms with Crippen molar-refractivity contribution in [2.75, 3.05) is 32.7 Å². The molecule has 2 rings (SSSR count). The minimum atomic E-state index is 0.265. The largest absolute Gasteiger partial charge is 0.314 e. The lowest BCUT2D eigenvalue weighted by molar-refractivity contribution is 0.0960. The first-order valence-corrected chi connectivity index (χ1v) is 7.35. The highest BCUT2D eigenvalue weighted by atomic mass is 16.1. The maximum atomic E-state index is 12.1. The highest BCUT2D eigenvalue weighted by Gasteiger charge is 2.12. The second kappa shape index (κ2) is 7.41. The van der Waals surface area contributed by atoms with Crippen molar-refractivity contribution in [3.63, 3.8) is 0 Å². The lowest BCUT2D eigenvalue weighted by Gasteiger charge is -2.26. The van der Waals surface area contributed by atoms with Crippen LogP contribution in [0.2, 0.25) is 0 Å². The first-order valence-electron chi connectivity index (χ1n) is 7.35. The molecule has 3 heteroatoms. The molecule has 0 unspecified atom stereocenters. The van der Waals surface area contributed by atoms with Crippen molar-refractivity contribution in [2.45, 2.75) is 26.2 Å². The van der Waals surface area contributed by atoms with Crippen LogP contribution in [0.25, 0.3) is 0 Å². The van der Waals surface area contributed by atoms with Crippen LogP contribution >= 0.6 is 0 Å². The average Bonchev–Trinajstić information content (AvgIpc) is 2.47. The van der Waals surface area contributed by atoms with Crippen molar-refractivity contribution in [1.29, 1.82) is 0 Å². The minimum absolute atomic E-state index is 0.265. The van der Waals surface area contributed by atoms with Gasteiger partial charge in [0, 0.05) is 44.7 Å². The third-order valence-electron chi connectivity index (χ3n) is 3.68. The fourth-order valence-electron chi connectivity index (χ4n) is 2.48. The van der Waals surface area contributed by atoms with E-state index in [4.69, 9.17) is 0 Å². The quantitative estimate of drug-likeness (QED) is 0.795. The van der Waals surface area contributed by atoms with Gasteiger partial charge in [0.25, 0.3) is 0 Å². The monoisotopic (exact) mass is 260 g/mol. The van der Waals surface area contributed by atoms with Crippen LogP contribution in [0.15, 0.2) is 24.3 Å². The molecule has 19 heavy (non-hydrogen) atoms. The molecule has 1 aromatic carbocycles. The summed E-state index contributed by atoms with van der Waals surface area (Å²) in [6.45, 7) is 7.26. The Balaban J connectivity index is 1.81. The highest BCUT2D eigenvalue weighted by molar-refractivity contribution is 5.96. The van der Waals surface area contributed by atoms with E-state index in [2.05, 4.69) is 29.3 Å². The van der Waals surface area contributed by atoms with Gasteiger partial charge in [0.05, 0.1) is 0 Å². The number of carbonyl (C=O) groups is 1. The van der Waals surface area contributed by atoms with Gasteiger partial charge >= 0.3 is 0 Å². The molecule has 1 aliphatic rings. The summed E-state index contributed by atoms with van der Waals surface area (Å²) in [7, 11) is 0. The number of nitrogens with one attached hydrogen (secondary N) is 1. The Bertz CT molecular complexity index is 394. The maximum absolute atomic E-state index is 12.1. The van der Waals surface area contributed by atoms with E-state index in [1.807, 2.05) is 12.1 Å². The van der Waals surface area contributed by atoms with E-state index in [9.17, 15) is 4.79 Å². The first-order chi connectivity index (χ1) is 9.29. The van der Waals surface area contributed by atoms with E-state index in [-0.39, 0.29) is 5.78 Å². The molecule has 1 fully saturated rings. The molecule has 0 atom stereocenters. The predicted molar refractivity (Wildman–Crippen MR) is 78.7 cm³/mol. The number of hydrogen-bond donors (Lipinski definition) is 1. The van der Waals surface area contributed by atoms with Crippen molar-refractivity contribution in [1.82, 2.24) is 10.2 Å². The van der Waals surface area contributed by atoms with Crippen LogP contribution in [0.5, 0.6) is 0 Å². The topological polar surface area (TPSA) is 32.3 Å². The van der Waals surface area contributed by atoms with Gasteiger partial charge in [-0.05, 0) is 12.0 Å². The Morgan fingerprint density at radius 3 is 2.53 bits per heavy atom. The van der Waals surface area contributed by atoms with Gasteiger partial charge in [-0.2, -0.15) is 0 Å². The molecule has 1 N–H and O–H groups in total. The lowest BCUT2D eigenvalue weighted by Crippen LogP contribution is -2.44. The Morgan fingerprint density at radius 2 is 1.89 bits per heavy atom. The van der Waals surface area contributed by atoms with Gasteiger partial charge in [0.2, 0.25) is 0 Å². The van der Waals surface area contributed by atoms with Gasteiger partial charge < -0.3 is 10.2 Å². The van der Waals surface area contributed by atoms with E-state index in [0.717, 1.165) is 51.1 Å². The summed E-state index contributed by atoms with van der Waals surface area (Å²) in [5.74, 6) is 0.265. The molecule has 0 bridgehead atoms. The van der Waals surface area contributed by atoms with E-state index in [0.29, 0.717) is 6.42 Å². The molecule has 0 spiro atoms. The number of ketones is 1. The molecule has 1 aromatic rings. The van der Waals surface area contributed by atoms with Gasteiger partial charge in [-0.1, -0.05) is 37.6 Å². The zero-order valence-corrected chi connectivity index (χ0v) is 11.8. The second-order valence-corrected chi connectivity index (χ2v) is 5.21. The number of nitrogens with zero attached hydrogens (tertiary/aromatic N) is 1. The molecule has 1 heterocycles. The molecule has 0 amide bonds. The molecule has 1 saturated heterocycles. The zero-order valence-electron chi connectivity index (χ0n) is 11.8. The summed E-state index contributed by atoms with van der Waals surface area (Å²) in [5, 5.41) is 3.33. The smallest absolute Gasteiger partial charge is 0.164 e. The van der Waals surface area contributed by atoms with Gasteiger partial charge in [-0.3, -0.25) is 4.79 Å². The molecule has 0 saturated carbocycles. The number of piperazine rings is 1. The van der Waals surface area contributed by atoms with Crippen molar-refractivity contribution in [2.24, 2.45) is 0 Å². The van der Waals surface area contributed by atoms with Crippen molar-refractivity contribution in [3.05, 3.63) is 35.4 Å². The molecule has 0 aliphatic carbocycles. The van der Waals surface area contributed by atoms with Crippen LogP contribution < -0.4 is 5.32 Å². The lowest BCUT2D eigenvalue weighted by atomic mass is 10.0. The fraction of sp³-hybridized carbons (Fsp3) is 0.562. The Kier molecular flexibility index (Phi) is 5.55. The zero-order chi connectivity index (χ0) is 13.5. The number of Topliss-reactive ketones (excluding diaryl/α,β-unsaturated/α-hetero) is 1. The van der Waals surface area contributed by atoms with Crippen LogP contribution in [0, 0.1) is 0 Å². The summed E-state index contributed by atoms with van der Waals surface area (Å²) in [6, 6.07) is 8.12. The molecule has 104 valence electrons. The van der Waals surface area contributed by atoms with E-state index in [1.54, 1.807) is 0 Å². The number of hydrogen-bond acceptors (Lipinski definition) is 3. The van der Waals surface area contributed by atoms with Gasteiger partial charge in [0.1, 0.15) is 0 Å². The third kappa shape index (κ3) is 4.44. The van der Waals surface area contributed by atoms with E-state index < -0.39 is 0 Å². The second-order valence-electron chi connectivity index (χ2n) is 5.21. The predicted octanol–water partition coefficient (Wildman–Crippen LogP) is 2.12. The van der Waals surface area contributed by atoms with Gasteiger partial charge in [-0.25, -0.2) is 0 Å². The number of aryl methyl sites for hydroxylation is 1.